The fraction of sp³-hybridized carbons (Fsp3) is 0.125. The van der Waals surface area contributed by atoms with E-state index >= 15 is 0 Å². The van der Waals surface area contributed by atoms with Gasteiger partial charge in [-0.05, 0) is 47.3 Å². The molecule has 34 heavy (non-hydrogen) atoms. The van der Waals surface area contributed by atoms with Gasteiger partial charge in [0.05, 0.1) is 40.9 Å². The Morgan fingerprint density at radius 2 is 1.91 bits per heavy atom. The molecule has 0 saturated heterocycles. The number of aliphatic hydroxyl groups is 1. The normalized spacial score (nSPS) is 15.9. The molecule has 1 aliphatic rings. The molecule has 1 N–H and O–H groups in total. The molecule has 2 aromatic heterocycles. The summed E-state index contributed by atoms with van der Waals surface area (Å²) in [7, 11) is 2.98. The number of anilines is 1. The Labute approximate surface area is 201 Å². The highest BCUT2D eigenvalue weighted by Gasteiger charge is 2.46. The van der Waals surface area contributed by atoms with Crippen molar-refractivity contribution in [3.8, 4) is 11.5 Å². The summed E-state index contributed by atoms with van der Waals surface area (Å²) in [5.41, 5.74) is 0.947. The molecule has 1 aliphatic heterocycles. The minimum Gasteiger partial charge on any atom is -0.503 e. The van der Waals surface area contributed by atoms with Gasteiger partial charge in [0.25, 0.3) is 5.91 Å². The van der Waals surface area contributed by atoms with Gasteiger partial charge in [0.2, 0.25) is 5.78 Å². The lowest BCUT2D eigenvalue weighted by Gasteiger charge is -2.25. The monoisotopic (exact) mass is 496 g/mol. The third-order valence-corrected chi connectivity index (χ3v) is 7.35. The lowest BCUT2D eigenvalue weighted by atomic mass is 9.95. The number of hydrogen-bond acceptors (Lipinski definition) is 8. The van der Waals surface area contributed by atoms with Gasteiger partial charge in [0.15, 0.2) is 22.4 Å². The largest absolute Gasteiger partial charge is 0.503 e. The maximum atomic E-state index is 13.8. The minimum absolute atomic E-state index is 0.0647. The predicted molar refractivity (Wildman–Crippen MR) is 128 cm³/mol. The van der Waals surface area contributed by atoms with Crippen LogP contribution in [0, 0.1) is 5.82 Å². The van der Waals surface area contributed by atoms with Crippen LogP contribution in [0.3, 0.4) is 0 Å². The lowest BCUT2D eigenvalue weighted by Crippen LogP contribution is -2.31. The van der Waals surface area contributed by atoms with Crippen molar-refractivity contribution < 1.29 is 28.6 Å². The van der Waals surface area contributed by atoms with E-state index in [2.05, 4.69) is 4.98 Å². The zero-order chi connectivity index (χ0) is 24.0. The predicted octanol–water partition coefficient (Wildman–Crippen LogP) is 5.30. The molecule has 3 heterocycles. The first-order chi connectivity index (χ1) is 16.4. The van der Waals surface area contributed by atoms with E-state index in [0.29, 0.717) is 32.2 Å². The molecule has 0 bridgehead atoms. The van der Waals surface area contributed by atoms with Crippen molar-refractivity contribution in [3.05, 3.63) is 81.5 Å². The molecule has 5 rings (SSSR count). The molecule has 0 aliphatic carbocycles. The number of amides is 1. The Hall–Kier alpha value is -3.76. The third kappa shape index (κ3) is 3.51. The average molecular weight is 497 g/mol. The highest BCUT2D eigenvalue weighted by Crippen LogP contribution is 2.46. The van der Waals surface area contributed by atoms with Crippen LogP contribution in [-0.2, 0) is 4.79 Å². The second-order valence-corrected chi connectivity index (χ2v) is 9.33. The van der Waals surface area contributed by atoms with Gasteiger partial charge in [-0.15, -0.1) is 11.3 Å². The number of thiazole rings is 1. The van der Waals surface area contributed by atoms with Gasteiger partial charge in [-0.1, -0.05) is 23.5 Å². The minimum atomic E-state index is -0.979. The second kappa shape index (κ2) is 8.54. The number of ketones is 1. The molecule has 1 atom stereocenters. The number of hydrogen-bond donors (Lipinski definition) is 1. The summed E-state index contributed by atoms with van der Waals surface area (Å²) in [5.74, 6) is -1.44. The van der Waals surface area contributed by atoms with Crippen molar-refractivity contribution in [1.82, 2.24) is 4.98 Å². The summed E-state index contributed by atoms with van der Waals surface area (Å²) < 4.78 is 25.0. The summed E-state index contributed by atoms with van der Waals surface area (Å²) >= 11 is 2.30. The summed E-state index contributed by atoms with van der Waals surface area (Å²) in [5, 5.41) is 12.8. The number of ether oxygens (including phenoxy) is 2. The maximum Gasteiger partial charge on any atom is 0.296 e. The number of aliphatic hydroxyl groups excluding tert-OH is 1. The highest BCUT2D eigenvalue weighted by molar-refractivity contribution is 7.22. The van der Waals surface area contributed by atoms with E-state index in [4.69, 9.17) is 9.47 Å². The highest BCUT2D eigenvalue weighted by atomic mass is 32.1. The zero-order valence-electron chi connectivity index (χ0n) is 17.9. The number of nitrogens with zero attached hydrogens (tertiary/aromatic N) is 2. The number of rotatable bonds is 6. The quantitative estimate of drug-likeness (QED) is 0.365. The van der Waals surface area contributed by atoms with Gasteiger partial charge in [0, 0.05) is 0 Å². The van der Waals surface area contributed by atoms with E-state index in [-0.39, 0.29) is 10.7 Å². The Balaban J connectivity index is 1.70. The molecule has 0 saturated carbocycles. The van der Waals surface area contributed by atoms with Gasteiger partial charge in [-0.3, -0.25) is 14.5 Å². The number of aromatic nitrogens is 1. The summed E-state index contributed by atoms with van der Waals surface area (Å²) in [4.78, 5) is 32.8. The van der Waals surface area contributed by atoms with Crippen LogP contribution >= 0.6 is 22.7 Å². The number of methoxy groups -OCH3 is 2. The number of carbonyl (C=O) groups is 2. The average Bonchev–Trinajstić information content (AvgIpc) is 3.57. The smallest absolute Gasteiger partial charge is 0.296 e. The van der Waals surface area contributed by atoms with E-state index in [1.165, 1.54) is 48.7 Å². The first kappa shape index (κ1) is 22.1. The molecular weight excluding hydrogens is 479 g/mol. The van der Waals surface area contributed by atoms with Crippen molar-refractivity contribution in [2.75, 3.05) is 19.1 Å². The maximum absolute atomic E-state index is 13.8. The van der Waals surface area contributed by atoms with Crippen molar-refractivity contribution >= 4 is 49.7 Å². The van der Waals surface area contributed by atoms with Crippen LogP contribution in [0.25, 0.3) is 10.2 Å². The van der Waals surface area contributed by atoms with Gasteiger partial charge in [0.1, 0.15) is 5.82 Å². The standard InChI is InChI=1S/C24H17FN2O5S2/c1-31-15-8-5-12(10-16(15)32-2)20-19(21(28)17-4-3-9-33-17)22(29)23(30)27(20)24-26-14-7-6-13(25)11-18(14)34-24/h3-11,20,29H,1-2H3/t20-/m1/s1. The fourth-order valence-electron chi connectivity index (χ4n) is 3.90. The van der Waals surface area contributed by atoms with Crippen LogP contribution in [0.1, 0.15) is 21.3 Å². The fourth-order valence-corrected chi connectivity index (χ4v) is 5.60. The van der Waals surface area contributed by atoms with E-state index < -0.39 is 29.3 Å². The van der Waals surface area contributed by atoms with Crippen LogP contribution in [0.5, 0.6) is 11.5 Å². The SMILES string of the molecule is COc1ccc([C@@H]2C(C(=O)c3cccs3)=C(O)C(=O)N2c2nc3ccc(F)cc3s2)cc1OC. The summed E-state index contributed by atoms with van der Waals surface area (Å²) in [6.45, 7) is 0. The van der Waals surface area contributed by atoms with Crippen LogP contribution in [0.15, 0.2) is 65.2 Å². The Morgan fingerprint density at radius 3 is 2.62 bits per heavy atom. The first-order valence-corrected chi connectivity index (χ1v) is 11.8. The van der Waals surface area contributed by atoms with E-state index in [9.17, 15) is 19.1 Å². The number of fused-ring (bicyclic) bond motifs is 1. The Bertz CT molecular complexity index is 1460. The van der Waals surface area contributed by atoms with Crippen molar-refractivity contribution in [1.29, 1.82) is 0 Å². The Morgan fingerprint density at radius 1 is 1.12 bits per heavy atom. The number of thiophene rings is 1. The number of halogens is 1. The molecule has 10 heteroatoms. The van der Waals surface area contributed by atoms with Crippen molar-refractivity contribution in [2.24, 2.45) is 0 Å². The summed E-state index contributed by atoms with van der Waals surface area (Å²) in [6, 6.07) is 11.5. The molecule has 4 aromatic rings. The third-order valence-electron chi connectivity index (χ3n) is 5.47. The summed E-state index contributed by atoms with van der Waals surface area (Å²) in [6.07, 6.45) is 0. The van der Waals surface area contributed by atoms with Gasteiger partial charge in [-0.25, -0.2) is 9.37 Å². The van der Waals surface area contributed by atoms with Crippen LogP contribution in [0.4, 0.5) is 9.52 Å². The second-order valence-electron chi connectivity index (χ2n) is 7.37. The van der Waals surface area contributed by atoms with Crippen LogP contribution in [-0.4, -0.2) is 36.0 Å². The number of Topliss-reactive ketones (excluding diaryl/α,β-unsaturated/α-hetero) is 1. The molecule has 0 spiro atoms. The number of carbonyl (C=O) groups excluding carboxylic acids is 2. The van der Waals surface area contributed by atoms with Gasteiger partial charge >= 0.3 is 0 Å². The first-order valence-electron chi connectivity index (χ1n) is 10.1. The molecule has 7 nitrogen and oxygen atoms in total. The Kier molecular flexibility index (Phi) is 5.54. The van der Waals surface area contributed by atoms with Gasteiger partial charge in [-0.2, -0.15) is 0 Å². The van der Waals surface area contributed by atoms with E-state index in [1.807, 2.05) is 0 Å². The van der Waals surface area contributed by atoms with Crippen LogP contribution in [0.2, 0.25) is 0 Å². The molecule has 1 amide bonds. The number of benzene rings is 2. The lowest BCUT2D eigenvalue weighted by molar-refractivity contribution is -0.117. The van der Waals surface area contributed by atoms with Gasteiger partial charge < -0.3 is 14.6 Å². The molecular formula is C24H17FN2O5S2. The zero-order valence-corrected chi connectivity index (χ0v) is 19.6. The van der Waals surface area contributed by atoms with Crippen LogP contribution < -0.4 is 14.4 Å². The molecule has 2 aromatic carbocycles. The van der Waals surface area contributed by atoms with Crippen molar-refractivity contribution in [3.63, 3.8) is 0 Å². The molecule has 0 fully saturated rings. The van der Waals surface area contributed by atoms with E-state index in [1.54, 1.807) is 35.7 Å². The van der Waals surface area contributed by atoms with E-state index in [0.717, 1.165) is 11.3 Å². The molecule has 0 unspecified atom stereocenters. The molecule has 0 radical (unpaired) electrons. The topological polar surface area (TPSA) is 89.0 Å². The molecule has 172 valence electrons. The van der Waals surface area contributed by atoms with Crippen molar-refractivity contribution in [2.45, 2.75) is 6.04 Å².